The molecule has 21 heteroatoms. The number of hydrogen-bond acceptors (Lipinski definition) is 12. The molecule has 8 aromatic rings. The number of aromatic nitrogens is 5. The Kier molecular flexibility index (Phi) is 23.9. The van der Waals surface area contributed by atoms with Crippen LogP contribution >= 0.6 is 0 Å². The summed E-state index contributed by atoms with van der Waals surface area (Å²) in [4.78, 5) is 48.2. The summed E-state index contributed by atoms with van der Waals surface area (Å²) in [6.07, 6.45) is -2.53. The Morgan fingerprint density at radius 2 is 1.01 bits per heavy atom. The normalized spacial score (nSPS) is 11.6. The van der Waals surface area contributed by atoms with Crippen LogP contribution in [-0.2, 0) is 48.1 Å². The quantitative estimate of drug-likeness (QED) is 0.0387. The van der Waals surface area contributed by atoms with Gasteiger partial charge in [-0.05, 0) is 183 Å². The molecule has 5 aromatic carbocycles. The van der Waals surface area contributed by atoms with Crippen LogP contribution in [0.15, 0.2) is 116 Å². The summed E-state index contributed by atoms with van der Waals surface area (Å²) in [5.74, 6) is -0.0402. The van der Waals surface area contributed by atoms with Crippen LogP contribution in [0.1, 0.15) is 150 Å². The van der Waals surface area contributed by atoms with Gasteiger partial charge in [0, 0.05) is 50.3 Å². The van der Waals surface area contributed by atoms with Crippen molar-refractivity contribution in [3.05, 3.63) is 200 Å². The van der Waals surface area contributed by atoms with Gasteiger partial charge in [0.05, 0.1) is 55.7 Å². The minimum atomic E-state index is -4.50. The number of carbonyl (C=O) groups is 2. The van der Waals surface area contributed by atoms with Crippen molar-refractivity contribution in [1.29, 1.82) is 0 Å². The van der Waals surface area contributed by atoms with E-state index in [0.29, 0.717) is 70.2 Å². The molecule has 3 aromatic heterocycles. The average Bonchev–Trinajstić information content (AvgIpc) is 0.804. The van der Waals surface area contributed by atoms with Gasteiger partial charge in [0.15, 0.2) is 11.5 Å². The van der Waals surface area contributed by atoms with Gasteiger partial charge in [0.2, 0.25) is 11.9 Å². The minimum Gasteiger partial charge on any atom is -0.492 e. The predicted octanol–water partition coefficient (Wildman–Crippen LogP) is 17.3. The second-order valence-corrected chi connectivity index (χ2v) is 23.5. The number of benzene rings is 5. The fourth-order valence-electron chi connectivity index (χ4n) is 10.4. The third-order valence-corrected chi connectivity index (χ3v) is 15.1. The Hall–Kier alpha value is -9.14. The first-order valence-corrected chi connectivity index (χ1v) is 30.3. The maximum Gasteiger partial charge on any atom is 0.416 e. The van der Waals surface area contributed by atoms with Crippen LogP contribution in [0.3, 0.4) is 0 Å². The largest absolute Gasteiger partial charge is 0.492 e. The number of nitrogens with zero attached hydrogens (tertiary/aromatic N) is 7. The van der Waals surface area contributed by atoms with Gasteiger partial charge in [0.25, 0.3) is 0 Å². The molecule has 0 saturated heterocycles. The highest BCUT2D eigenvalue weighted by molar-refractivity contribution is 5.74. The van der Waals surface area contributed by atoms with Gasteiger partial charge in [-0.3, -0.25) is 9.59 Å². The van der Waals surface area contributed by atoms with E-state index in [0.717, 1.165) is 80.0 Å². The number of rotatable bonds is 26. The molecule has 0 aliphatic heterocycles. The van der Waals surface area contributed by atoms with Crippen LogP contribution in [0.5, 0.6) is 17.2 Å². The molecule has 14 nitrogen and oxygen atoms in total. The number of pyridine rings is 1. The molecule has 488 valence electrons. The van der Waals surface area contributed by atoms with Gasteiger partial charge in [-0.25, -0.2) is 29.3 Å². The molecule has 3 heterocycles. The second kappa shape index (κ2) is 31.3. The Labute approximate surface area is 532 Å². The molecule has 0 aliphatic carbocycles. The van der Waals surface area contributed by atoms with E-state index in [9.17, 15) is 40.3 Å². The third kappa shape index (κ3) is 19.7. The van der Waals surface area contributed by atoms with Crippen molar-refractivity contribution >= 4 is 23.8 Å². The molecule has 2 N–H and O–H groups in total. The number of ether oxygens (including phenoxy) is 3. The first-order chi connectivity index (χ1) is 43.4. The zero-order valence-electron chi connectivity index (χ0n) is 53.6. The standard InChI is InChI=1S/C36H41F3N4O4.C35H37F4N3O3/c1-7-46-32-11-10-31(22(2)3)42-34(32)30-16-25(6)24(5)15-27(30)21-43(20-26-13-23(4)14-28(17-26)36(37,38)39)35-40-18-29(19-41-35)47-12-8-9-33(44)45;1-21(2)30-16-31(24(5)14-32(30)36)29-9-8-22(3)12-26(29)20-42(19-25-11-23(4)13-27(15-25)35(37,38)39)34-40-17-28(18-41-34)45-10-6-7-33(43)44/h10-11,13-19,22H,7-9,12,20-21H2,1-6H3,(H,44,45);8-9,11-18,21H,6-7,10,19-20H2,1-5H3,(H,43,44). The average molecular weight is 1270 g/mol. The van der Waals surface area contributed by atoms with Crippen molar-refractivity contribution in [3.63, 3.8) is 0 Å². The Morgan fingerprint density at radius 3 is 1.47 bits per heavy atom. The highest BCUT2D eigenvalue weighted by Crippen LogP contribution is 2.39. The van der Waals surface area contributed by atoms with E-state index in [-0.39, 0.29) is 81.8 Å². The number of alkyl halides is 6. The molecule has 0 atom stereocenters. The smallest absolute Gasteiger partial charge is 0.416 e. The second-order valence-electron chi connectivity index (χ2n) is 23.5. The lowest BCUT2D eigenvalue weighted by molar-refractivity contribution is -0.138. The summed E-state index contributed by atoms with van der Waals surface area (Å²) < 4.78 is 114. The van der Waals surface area contributed by atoms with Crippen LogP contribution in [0.4, 0.5) is 42.6 Å². The molecule has 0 saturated carbocycles. The number of carboxylic acids is 2. The molecule has 8 rings (SSSR count). The molecule has 0 spiro atoms. The summed E-state index contributed by atoms with van der Waals surface area (Å²) in [7, 11) is 0. The number of hydrogen-bond donors (Lipinski definition) is 2. The fraction of sp³-hybridized carbons (Fsp3) is 0.366. The Balaban J connectivity index is 0.000000261. The highest BCUT2D eigenvalue weighted by atomic mass is 19.4. The van der Waals surface area contributed by atoms with E-state index in [1.165, 1.54) is 30.9 Å². The zero-order chi connectivity index (χ0) is 67.2. The van der Waals surface area contributed by atoms with Gasteiger partial charge in [-0.2, -0.15) is 26.3 Å². The lowest BCUT2D eigenvalue weighted by Gasteiger charge is -2.26. The van der Waals surface area contributed by atoms with E-state index in [2.05, 4.69) is 45.9 Å². The van der Waals surface area contributed by atoms with Crippen LogP contribution in [0.2, 0.25) is 0 Å². The van der Waals surface area contributed by atoms with Gasteiger partial charge < -0.3 is 34.2 Å². The molecular formula is C71H78F7N7O7. The van der Waals surface area contributed by atoms with E-state index in [4.69, 9.17) is 29.4 Å². The van der Waals surface area contributed by atoms with Gasteiger partial charge in [-0.15, -0.1) is 0 Å². The number of aliphatic carboxylic acids is 2. The van der Waals surface area contributed by atoms with Gasteiger partial charge in [0.1, 0.15) is 17.3 Å². The third-order valence-electron chi connectivity index (χ3n) is 15.1. The van der Waals surface area contributed by atoms with Crippen molar-refractivity contribution in [2.24, 2.45) is 0 Å². The predicted molar refractivity (Wildman–Crippen MR) is 341 cm³/mol. The van der Waals surface area contributed by atoms with Crippen molar-refractivity contribution in [2.75, 3.05) is 29.6 Å². The number of carboxylic acid groups (broad SMARTS) is 2. The van der Waals surface area contributed by atoms with Crippen LogP contribution in [-0.4, -0.2) is 66.9 Å². The Bertz CT molecular complexity index is 3840. The van der Waals surface area contributed by atoms with Crippen LogP contribution < -0.4 is 24.0 Å². The van der Waals surface area contributed by atoms with Gasteiger partial charge >= 0.3 is 24.3 Å². The monoisotopic (exact) mass is 1270 g/mol. The minimum absolute atomic E-state index is 0.0264. The molecule has 0 amide bonds. The molecule has 0 aliphatic rings. The SMILES string of the molecule is CCOc1ccc(C(C)C)nc1-c1cc(C)c(C)cc1CN(Cc1cc(C)cc(C(F)(F)F)c1)c1ncc(OCCCC(=O)O)cn1.Cc1cc(CN(Cc2cc(C)ccc2-c2cc(C(C)C)c(F)cc2C)c2ncc(OCCCC(=O)O)cn2)cc(C(F)(F)F)c1. The summed E-state index contributed by atoms with van der Waals surface area (Å²) in [5, 5.41) is 17.7. The van der Waals surface area contributed by atoms with E-state index in [1.54, 1.807) is 30.9 Å². The summed E-state index contributed by atoms with van der Waals surface area (Å²) in [5.41, 5.74) is 10.8. The Morgan fingerprint density at radius 1 is 0.522 bits per heavy atom. The number of anilines is 2. The first kappa shape index (κ1) is 70.3. The summed E-state index contributed by atoms with van der Waals surface area (Å²) >= 11 is 0. The van der Waals surface area contributed by atoms with E-state index >= 15 is 0 Å². The van der Waals surface area contributed by atoms with Crippen LogP contribution in [0, 0.1) is 47.4 Å². The zero-order valence-corrected chi connectivity index (χ0v) is 53.6. The van der Waals surface area contributed by atoms with Crippen molar-refractivity contribution in [2.45, 2.75) is 152 Å². The highest BCUT2D eigenvalue weighted by Gasteiger charge is 2.33. The molecule has 0 unspecified atom stereocenters. The lowest BCUT2D eigenvalue weighted by atomic mass is 9.90. The first-order valence-electron chi connectivity index (χ1n) is 30.3. The maximum absolute atomic E-state index is 14.8. The lowest BCUT2D eigenvalue weighted by Crippen LogP contribution is -2.25. The van der Waals surface area contributed by atoms with Crippen molar-refractivity contribution < 1.29 is 64.7 Å². The molecule has 0 fully saturated rings. The van der Waals surface area contributed by atoms with Gasteiger partial charge in [-0.1, -0.05) is 80.8 Å². The summed E-state index contributed by atoms with van der Waals surface area (Å²) in [6.45, 7) is 22.5. The summed E-state index contributed by atoms with van der Waals surface area (Å²) in [6, 6.07) is 25.4. The van der Waals surface area contributed by atoms with E-state index in [1.807, 2.05) is 89.8 Å². The van der Waals surface area contributed by atoms with Crippen molar-refractivity contribution in [1.82, 2.24) is 24.9 Å². The van der Waals surface area contributed by atoms with E-state index < -0.39 is 35.4 Å². The fourth-order valence-corrected chi connectivity index (χ4v) is 10.4. The molecule has 0 radical (unpaired) electrons. The van der Waals surface area contributed by atoms with Crippen molar-refractivity contribution in [3.8, 4) is 39.6 Å². The topological polar surface area (TPSA) is 173 Å². The number of aryl methyl sites for hydroxylation is 6. The number of halogens is 7. The maximum atomic E-state index is 14.8. The van der Waals surface area contributed by atoms with Crippen LogP contribution in [0.25, 0.3) is 22.4 Å². The molecule has 92 heavy (non-hydrogen) atoms. The molecule has 0 bridgehead atoms. The molecular weight excluding hydrogens is 1200 g/mol.